The molecule has 2 unspecified atom stereocenters. The predicted octanol–water partition coefficient (Wildman–Crippen LogP) is 7.45. The Balaban J connectivity index is 0.000000596. The van der Waals surface area contributed by atoms with Gasteiger partial charge in [0, 0.05) is 64.0 Å². The number of benzene rings is 2. The maximum atomic E-state index is 10.7. The van der Waals surface area contributed by atoms with Crippen LogP contribution in [0.15, 0.2) is 97.3 Å². The number of halogens is 6. The molecule has 2 heterocycles. The summed E-state index contributed by atoms with van der Waals surface area (Å²) >= 11 is 0. The number of alkyl halides is 6. The summed E-state index contributed by atoms with van der Waals surface area (Å²) in [5.74, 6) is 0. The van der Waals surface area contributed by atoms with Gasteiger partial charge in [-0.15, -0.1) is 0 Å². The first-order chi connectivity index (χ1) is 26.8. The van der Waals surface area contributed by atoms with Gasteiger partial charge in [0.1, 0.15) is 0 Å². The van der Waals surface area contributed by atoms with E-state index in [1.807, 2.05) is 12.4 Å². The number of hydrogen-bond donors (Lipinski definition) is 2. The van der Waals surface area contributed by atoms with Gasteiger partial charge < -0.3 is 9.80 Å². The van der Waals surface area contributed by atoms with Crippen LogP contribution in [0.4, 0.5) is 37.7 Å². The van der Waals surface area contributed by atoms with Crippen molar-refractivity contribution in [3.63, 3.8) is 0 Å². The Morgan fingerprint density at radius 3 is 1.12 bits per heavy atom. The van der Waals surface area contributed by atoms with Crippen molar-refractivity contribution in [1.29, 1.82) is 0 Å². The fourth-order valence-corrected chi connectivity index (χ4v) is 6.65. The normalized spacial score (nSPS) is 17.0. The second-order valence-corrected chi connectivity index (χ2v) is 16.7. The molecule has 5 rings (SSSR count). The summed E-state index contributed by atoms with van der Waals surface area (Å²) in [6.45, 7) is 0. The number of pyridine rings is 2. The minimum absolute atomic E-state index is 0. The molecule has 12 nitrogen and oxygen atoms in total. The molecule has 325 valence electrons. The quantitative estimate of drug-likeness (QED) is 0.0705. The molecule has 59 heavy (non-hydrogen) atoms. The zero-order valence-electron chi connectivity index (χ0n) is 33.0. The topological polar surface area (TPSA) is 147 Å². The maximum Gasteiger partial charge on any atom is 2.00 e. The van der Waals surface area contributed by atoms with Gasteiger partial charge in [0.15, 0.2) is 0 Å². The summed E-state index contributed by atoms with van der Waals surface area (Å²) < 4.78 is 115. The van der Waals surface area contributed by atoms with Crippen molar-refractivity contribution >= 4 is 31.6 Å². The molecular weight excluding hydrogens is 870 g/mol. The molecule has 4 aromatic rings. The monoisotopic (exact) mass is 917 g/mol. The van der Waals surface area contributed by atoms with Gasteiger partial charge in [-0.05, 0) is 62.3 Å². The fourth-order valence-electron chi connectivity index (χ4n) is 6.65. The van der Waals surface area contributed by atoms with E-state index < -0.39 is 31.3 Å². The van der Waals surface area contributed by atoms with Crippen molar-refractivity contribution in [2.75, 3.05) is 52.1 Å². The van der Waals surface area contributed by atoms with Crippen molar-refractivity contribution in [2.45, 2.75) is 60.9 Å². The summed E-state index contributed by atoms with van der Waals surface area (Å²) in [6.07, 6.45) is 8.66. The molecule has 1 saturated carbocycles. The van der Waals surface area contributed by atoms with Crippen molar-refractivity contribution in [2.24, 2.45) is 0 Å². The van der Waals surface area contributed by atoms with Gasteiger partial charge in [-0.1, -0.05) is 73.5 Å². The Morgan fingerprint density at radius 1 is 0.576 bits per heavy atom. The second-order valence-electron chi connectivity index (χ2n) is 13.9. The predicted molar refractivity (Wildman–Crippen MR) is 210 cm³/mol. The first kappa shape index (κ1) is 51.3. The summed E-state index contributed by atoms with van der Waals surface area (Å²) in [5.41, 5.74) is -4.01. The van der Waals surface area contributed by atoms with Gasteiger partial charge in [-0.2, -0.15) is 43.2 Å². The molecule has 21 heteroatoms. The molecule has 0 saturated heterocycles. The second kappa shape index (κ2) is 21.6. The Kier molecular flexibility index (Phi) is 18.8. The van der Waals surface area contributed by atoms with E-state index in [4.69, 9.17) is 35.9 Å². The molecule has 4 atom stereocenters. The van der Waals surface area contributed by atoms with E-state index in [2.05, 4.69) is 147 Å². The minimum Gasteiger partial charge on any atom is -0.378 e. The zero-order chi connectivity index (χ0) is 43.6. The molecule has 2 aromatic carbocycles. The van der Waals surface area contributed by atoms with Gasteiger partial charge >= 0.3 is 48.3 Å². The Bertz CT molecular complexity index is 1970. The Morgan fingerprint density at radius 2 is 0.864 bits per heavy atom. The van der Waals surface area contributed by atoms with Gasteiger partial charge in [0.2, 0.25) is 0 Å². The SMILES string of the molecule is CN(C)c1ccnc([C@@H](c2ccccc2)N(C)C2CCCCC2N(C)[C@H](c2ccccc2)c2cc(N(C)C)ccn2)c1.O=S(=O)(O)C(F)(F)F.O=S(=O)(O)C(F)(F)F.[Mn+2]. The van der Waals surface area contributed by atoms with Crippen LogP contribution in [0.2, 0.25) is 0 Å². The summed E-state index contributed by atoms with van der Waals surface area (Å²) in [6, 6.07) is 31.2. The number of rotatable bonds is 10. The molecule has 0 bridgehead atoms. The molecule has 1 radical (unpaired) electrons. The average Bonchev–Trinajstić information content (AvgIpc) is 3.15. The van der Waals surface area contributed by atoms with E-state index in [0.29, 0.717) is 12.1 Å². The van der Waals surface area contributed by atoms with Crippen LogP contribution in [-0.4, -0.2) is 111 Å². The molecule has 0 spiro atoms. The molecule has 1 fully saturated rings. The van der Waals surface area contributed by atoms with Crippen LogP contribution in [0.25, 0.3) is 0 Å². The third-order valence-electron chi connectivity index (χ3n) is 9.49. The van der Waals surface area contributed by atoms with Crippen molar-refractivity contribution in [3.8, 4) is 0 Å². The summed E-state index contributed by atoms with van der Waals surface area (Å²) in [7, 11) is 1.30. The molecule has 2 aromatic heterocycles. The first-order valence-electron chi connectivity index (χ1n) is 17.7. The number of likely N-dealkylation sites (N-methyl/N-ethyl adjacent to an activating group) is 2. The van der Waals surface area contributed by atoms with Gasteiger partial charge in [0.25, 0.3) is 0 Å². The smallest absolute Gasteiger partial charge is 0.378 e. The molecule has 0 amide bonds. The van der Waals surface area contributed by atoms with Crippen LogP contribution in [0, 0.1) is 0 Å². The molecular formula is C38H48F6MnN6O6S2+2. The van der Waals surface area contributed by atoms with Crippen molar-refractivity contribution in [1.82, 2.24) is 19.8 Å². The molecule has 2 N–H and O–H groups in total. The minimum atomic E-state index is -5.84. The maximum absolute atomic E-state index is 10.7. The van der Waals surface area contributed by atoms with Crippen LogP contribution >= 0.6 is 0 Å². The third-order valence-corrected chi connectivity index (χ3v) is 10.7. The van der Waals surface area contributed by atoms with E-state index in [0.717, 1.165) is 24.2 Å². The average molecular weight is 918 g/mol. The first-order valence-corrected chi connectivity index (χ1v) is 20.6. The fraction of sp³-hybridized carbons (Fsp3) is 0.421. The summed E-state index contributed by atoms with van der Waals surface area (Å²) in [5, 5.41) is 0. The van der Waals surface area contributed by atoms with Gasteiger partial charge in [0.05, 0.1) is 23.5 Å². The van der Waals surface area contributed by atoms with Crippen LogP contribution in [-0.2, 0) is 37.3 Å². The van der Waals surface area contributed by atoms with E-state index in [9.17, 15) is 26.3 Å². The van der Waals surface area contributed by atoms with Crippen molar-refractivity contribution in [3.05, 3.63) is 120 Å². The third kappa shape index (κ3) is 14.4. The number of hydrogen-bond acceptors (Lipinski definition) is 10. The van der Waals surface area contributed by atoms with Gasteiger partial charge in [-0.3, -0.25) is 28.9 Å². The van der Waals surface area contributed by atoms with E-state index >= 15 is 0 Å². The number of aromatic nitrogens is 2. The van der Waals surface area contributed by atoms with Crippen LogP contribution in [0.5, 0.6) is 0 Å². The molecule has 0 aliphatic heterocycles. The van der Waals surface area contributed by atoms with Crippen LogP contribution < -0.4 is 9.80 Å². The molecule has 1 aliphatic rings. The van der Waals surface area contributed by atoms with E-state index in [1.165, 1.54) is 35.3 Å². The standard InChI is InChI=1S/C36H46N6.2CHF3O3S.Mn/c1-39(2)29-21-23-37-31(25-29)35(27-15-9-7-10-16-27)41(5)33-19-13-14-20-34(33)42(6)36(28-17-11-8-12-18-28)32-26-30(40(3)4)22-24-38-32;2*2-1(3,4)8(5,6)7;/h7-12,15-18,21-26,33-36H,13-14,19-20H2,1-6H3;2*(H,5,6,7);/q;;;+2/t33?,34?,35-,36-;;;/m1.../s1. The van der Waals surface area contributed by atoms with Crippen LogP contribution in [0.3, 0.4) is 0 Å². The largest absolute Gasteiger partial charge is 2.00 e. The van der Waals surface area contributed by atoms with E-state index in [1.54, 1.807) is 0 Å². The van der Waals surface area contributed by atoms with Crippen molar-refractivity contribution < 1.29 is 69.4 Å². The number of nitrogens with zero attached hydrogens (tertiary/aromatic N) is 6. The van der Waals surface area contributed by atoms with E-state index in [-0.39, 0.29) is 29.2 Å². The zero-order valence-corrected chi connectivity index (χ0v) is 35.9. The molecule has 1 aliphatic carbocycles. The van der Waals surface area contributed by atoms with Crippen LogP contribution in [0.1, 0.15) is 60.3 Å². The number of anilines is 2. The van der Waals surface area contributed by atoms with Gasteiger partial charge in [-0.25, -0.2) is 0 Å². The Hall–Kier alpha value is -3.82. The Labute approximate surface area is 352 Å². The summed E-state index contributed by atoms with van der Waals surface area (Å²) in [4.78, 5) is 19.4.